The summed E-state index contributed by atoms with van der Waals surface area (Å²) in [5.41, 5.74) is 0. The Morgan fingerprint density at radius 3 is 1.86 bits per heavy atom. The smallest absolute Gasteiger partial charge is 0.306 e. The third kappa shape index (κ3) is 12.0. The van der Waals surface area contributed by atoms with Gasteiger partial charge in [0.2, 0.25) is 5.79 Å². The Bertz CT molecular complexity index is 427. The molecule has 2 atom stereocenters. The Balaban J connectivity index is 2.07. The van der Waals surface area contributed by atoms with E-state index < -0.39 is 17.9 Å². The molecule has 0 aromatic rings. The van der Waals surface area contributed by atoms with Crippen LogP contribution in [0.3, 0.4) is 0 Å². The van der Waals surface area contributed by atoms with Gasteiger partial charge in [0, 0.05) is 6.42 Å². The third-order valence-corrected chi connectivity index (χ3v) is 5.83. The number of morpholine rings is 1. The van der Waals surface area contributed by atoms with Crippen molar-refractivity contribution in [1.29, 1.82) is 0 Å². The molecule has 1 rings (SSSR count). The Kier molecular flexibility index (Phi) is 12.3. The van der Waals surface area contributed by atoms with Crippen LogP contribution in [0.15, 0.2) is 0 Å². The van der Waals surface area contributed by atoms with E-state index >= 15 is 0 Å². The van der Waals surface area contributed by atoms with Crippen LogP contribution in [-0.2, 0) is 9.53 Å². The topological polar surface area (TPSA) is 66.8 Å². The monoisotopic (exact) mass is 400 g/mol. The van der Waals surface area contributed by atoms with Gasteiger partial charge in [0.05, 0.1) is 20.5 Å². The minimum absolute atomic E-state index is 0.0391. The maximum atomic E-state index is 11.0. The second-order valence-electron chi connectivity index (χ2n) is 9.55. The zero-order valence-corrected chi connectivity index (χ0v) is 18.8. The predicted molar refractivity (Wildman–Crippen MR) is 114 cm³/mol. The lowest BCUT2D eigenvalue weighted by atomic mass is 10.0. The fraction of sp³-hybridized carbons (Fsp3) is 0.957. The summed E-state index contributed by atoms with van der Waals surface area (Å²) < 4.78 is 6.39. The van der Waals surface area contributed by atoms with Crippen LogP contribution >= 0.6 is 0 Å². The molecule has 28 heavy (non-hydrogen) atoms. The summed E-state index contributed by atoms with van der Waals surface area (Å²) in [6.45, 7) is 3.42. The zero-order chi connectivity index (χ0) is 20.9. The van der Waals surface area contributed by atoms with Crippen molar-refractivity contribution in [2.45, 2.75) is 115 Å². The Morgan fingerprint density at radius 1 is 0.929 bits per heavy atom. The number of hydrogen-bond acceptors (Lipinski definition) is 3. The molecule has 1 aliphatic rings. The third-order valence-electron chi connectivity index (χ3n) is 5.83. The van der Waals surface area contributed by atoms with Crippen molar-refractivity contribution in [2.75, 3.05) is 27.2 Å². The molecule has 0 saturated carbocycles. The van der Waals surface area contributed by atoms with Crippen LogP contribution < -0.4 is 0 Å². The number of likely N-dealkylation sites (N-methyl/N-ethyl adjacent to an activating group) is 1. The van der Waals surface area contributed by atoms with E-state index in [0.717, 1.165) is 12.8 Å². The molecule has 0 unspecified atom stereocenters. The van der Waals surface area contributed by atoms with Gasteiger partial charge in [-0.3, -0.25) is 4.79 Å². The number of aliphatic hydroxyl groups is 1. The standard InChI is InChI=1S/C23H45NO4/c1-4-5-6-7-8-9-10-11-12-13-14-15-16-17-23(27)20-24(2,3)19-21(28-23)18-22(25)26/h21,27H,4-20H2,1-3H3/p+1/t21-,23+/m0/s1. The molecule has 2 N–H and O–H groups in total. The average Bonchev–Trinajstić information content (AvgIpc) is 2.56. The number of hydrogen-bond donors (Lipinski definition) is 2. The van der Waals surface area contributed by atoms with Gasteiger partial charge in [-0.1, -0.05) is 84.0 Å². The second-order valence-corrected chi connectivity index (χ2v) is 9.55. The highest BCUT2D eigenvalue weighted by Gasteiger charge is 2.45. The number of unbranched alkanes of at least 4 members (excludes halogenated alkanes) is 12. The second kappa shape index (κ2) is 13.6. The molecule has 0 aromatic carbocycles. The summed E-state index contributed by atoms with van der Waals surface area (Å²) in [5.74, 6) is -2.05. The number of carboxylic acid groups (broad SMARTS) is 1. The maximum Gasteiger partial charge on any atom is 0.306 e. The van der Waals surface area contributed by atoms with Crippen molar-refractivity contribution in [3.8, 4) is 0 Å². The number of quaternary nitrogens is 1. The number of carboxylic acids is 1. The molecule has 0 spiro atoms. The number of ether oxygens (including phenoxy) is 1. The molecule has 1 saturated heterocycles. The van der Waals surface area contributed by atoms with E-state index in [1.807, 2.05) is 14.1 Å². The minimum Gasteiger partial charge on any atom is -0.481 e. The van der Waals surface area contributed by atoms with E-state index in [4.69, 9.17) is 9.84 Å². The molecule has 5 nitrogen and oxygen atoms in total. The first-order chi connectivity index (χ1) is 13.3. The van der Waals surface area contributed by atoms with Crippen LogP contribution in [0.4, 0.5) is 0 Å². The number of aliphatic carboxylic acids is 1. The molecule has 0 aliphatic carbocycles. The molecule has 0 amide bonds. The lowest BCUT2D eigenvalue weighted by Crippen LogP contribution is -2.62. The lowest BCUT2D eigenvalue weighted by Gasteiger charge is -2.46. The van der Waals surface area contributed by atoms with Crippen molar-refractivity contribution in [3.63, 3.8) is 0 Å². The van der Waals surface area contributed by atoms with Gasteiger partial charge in [0.15, 0.2) is 0 Å². The van der Waals surface area contributed by atoms with Gasteiger partial charge in [-0.15, -0.1) is 0 Å². The normalized spacial score (nSPS) is 24.4. The molecule has 0 radical (unpaired) electrons. The molecule has 1 fully saturated rings. The van der Waals surface area contributed by atoms with E-state index in [1.165, 1.54) is 70.6 Å². The molecule has 0 bridgehead atoms. The Morgan fingerprint density at radius 2 is 1.39 bits per heavy atom. The van der Waals surface area contributed by atoms with Crippen LogP contribution in [0.5, 0.6) is 0 Å². The van der Waals surface area contributed by atoms with Gasteiger partial charge in [0.1, 0.15) is 19.2 Å². The van der Waals surface area contributed by atoms with Crippen molar-refractivity contribution in [1.82, 2.24) is 0 Å². The SMILES string of the molecule is CCCCCCCCCCCCCCC[C@]1(O)C[N+](C)(C)C[C@H](CC(=O)O)O1. The van der Waals surface area contributed by atoms with E-state index in [0.29, 0.717) is 24.0 Å². The Hall–Kier alpha value is -0.650. The highest BCUT2D eigenvalue weighted by Crippen LogP contribution is 2.29. The Labute approximate surface area is 173 Å². The summed E-state index contributed by atoms with van der Waals surface area (Å²) in [6.07, 6.45) is 17.0. The summed E-state index contributed by atoms with van der Waals surface area (Å²) >= 11 is 0. The summed E-state index contributed by atoms with van der Waals surface area (Å²) in [5, 5.41) is 19.9. The number of nitrogens with zero attached hydrogens (tertiary/aromatic N) is 1. The number of carbonyl (C=O) groups is 1. The predicted octanol–water partition coefficient (Wildman–Crippen LogP) is 5.11. The van der Waals surface area contributed by atoms with Crippen molar-refractivity contribution in [2.24, 2.45) is 0 Å². The fourth-order valence-corrected chi connectivity index (χ4v) is 4.53. The molecule has 0 aromatic heterocycles. The number of rotatable bonds is 16. The van der Waals surface area contributed by atoms with E-state index in [9.17, 15) is 9.90 Å². The van der Waals surface area contributed by atoms with E-state index in [-0.39, 0.29) is 6.42 Å². The van der Waals surface area contributed by atoms with Gasteiger partial charge in [0.25, 0.3) is 0 Å². The summed E-state index contributed by atoms with van der Waals surface area (Å²) in [6, 6.07) is 0. The molecular formula is C23H46NO4+. The first-order valence-corrected chi connectivity index (χ1v) is 11.7. The lowest BCUT2D eigenvalue weighted by molar-refractivity contribution is -0.915. The quantitative estimate of drug-likeness (QED) is 0.279. The molecular weight excluding hydrogens is 354 g/mol. The largest absolute Gasteiger partial charge is 0.481 e. The molecule has 166 valence electrons. The summed E-state index contributed by atoms with van der Waals surface area (Å²) in [7, 11) is 4.07. The van der Waals surface area contributed by atoms with Crippen molar-refractivity contribution in [3.05, 3.63) is 0 Å². The fourth-order valence-electron chi connectivity index (χ4n) is 4.53. The van der Waals surface area contributed by atoms with Crippen molar-refractivity contribution < 1.29 is 24.2 Å². The highest BCUT2D eigenvalue weighted by molar-refractivity contribution is 5.67. The summed E-state index contributed by atoms with van der Waals surface area (Å²) in [4.78, 5) is 11.0. The molecule has 5 heteroatoms. The zero-order valence-electron chi connectivity index (χ0n) is 18.8. The van der Waals surface area contributed by atoms with Gasteiger partial charge in [-0.05, 0) is 6.42 Å². The average molecular weight is 401 g/mol. The van der Waals surface area contributed by atoms with Crippen LogP contribution in [-0.4, -0.2) is 59.7 Å². The molecule has 1 heterocycles. The van der Waals surface area contributed by atoms with Crippen LogP contribution in [0.2, 0.25) is 0 Å². The maximum absolute atomic E-state index is 11.0. The van der Waals surface area contributed by atoms with Crippen LogP contribution in [0.25, 0.3) is 0 Å². The van der Waals surface area contributed by atoms with Gasteiger partial charge in [-0.25, -0.2) is 0 Å². The highest BCUT2D eigenvalue weighted by atomic mass is 16.6. The first kappa shape index (κ1) is 25.4. The van der Waals surface area contributed by atoms with Gasteiger partial charge < -0.3 is 19.4 Å². The van der Waals surface area contributed by atoms with Gasteiger partial charge >= 0.3 is 5.97 Å². The van der Waals surface area contributed by atoms with Crippen LogP contribution in [0.1, 0.15) is 103 Å². The first-order valence-electron chi connectivity index (χ1n) is 11.7. The van der Waals surface area contributed by atoms with E-state index in [2.05, 4.69) is 6.92 Å². The minimum atomic E-state index is -1.18. The van der Waals surface area contributed by atoms with Gasteiger partial charge in [-0.2, -0.15) is 0 Å². The van der Waals surface area contributed by atoms with E-state index in [1.54, 1.807) is 0 Å². The molecule has 1 aliphatic heterocycles. The van der Waals surface area contributed by atoms with Crippen molar-refractivity contribution >= 4 is 5.97 Å². The van der Waals surface area contributed by atoms with Crippen LogP contribution in [0, 0.1) is 0 Å².